The summed E-state index contributed by atoms with van der Waals surface area (Å²) < 4.78 is 1.95. The Morgan fingerprint density at radius 2 is 2.00 bits per heavy atom. The average molecular weight is 358 g/mol. The first-order valence-corrected chi connectivity index (χ1v) is 9.13. The maximum atomic E-state index is 12.4. The molecule has 2 N–H and O–H groups in total. The Hall–Kier alpha value is -3.34. The Balaban J connectivity index is 1.35. The van der Waals surface area contributed by atoms with Crippen LogP contribution in [0, 0.1) is 0 Å². The molecule has 4 aromatic rings. The number of aryl methyl sites for hydroxylation is 1. The third-order valence-corrected chi connectivity index (χ3v) is 4.87. The van der Waals surface area contributed by atoms with E-state index in [9.17, 15) is 4.79 Å². The van der Waals surface area contributed by atoms with E-state index in [1.165, 1.54) is 10.9 Å². The van der Waals surface area contributed by atoms with Gasteiger partial charge in [0.15, 0.2) is 0 Å². The molecule has 136 valence electrons. The number of carbonyl (C=O) groups is 1. The number of rotatable bonds is 6. The molecule has 2 heterocycles. The zero-order valence-corrected chi connectivity index (χ0v) is 15.2. The highest BCUT2D eigenvalue weighted by Gasteiger charge is 2.11. The fourth-order valence-electron chi connectivity index (χ4n) is 3.33. The van der Waals surface area contributed by atoms with Gasteiger partial charge in [0.05, 0.1) is 12.4 Å². The smallest absolute Gasteiger partial charge is 0.220 e. The predicted octanol–water partition coefficient (Wildman–Crippen LogP) is 4.16. The molecule has 0 saturated heterocycles. The highest BCUT2D eigenvalue weighted by Crippen LogP contribution is 2.20. The third kappa shape index (κ3) is 3.77. The molecule has 0 unspecified atom stereocenters. The number of fused-ring (bicyclic) bond motifs is 1. The molecular formula is C22H22N4O. The van der Waals surface area contributed by atoms with E-state index in [0.717, 1.165) is 23.2 Å². The zero-order valence-electron chi connectivity index (χ0n) is 15.2. The molecule has 0 spiro atoms. The van der Waals surface area contributed by atoms with Crippen LogP contribution in [-0.2, 0) is 11.2 Å². The first-order chi connectivity index (χ1) is 13.2. The zero-order chi connectivity index (χ0) is 18.6. The van der Waals surface area contributed by atoms with Crippen LogP contribution in [0.15, 0.2) is 73.4 Å². The summed E-state index contributed by atoms with van der Waals surface area (Å²) in [6.07, 6.45) is 8.62. The molecule has 0 saturated carbocycles. The van der Waals surface area contributed by atoms with Crippen LogP contribution in [0.5, 0.6) is 0 Å². The lowest BCUT2D eigenvalue weighted by Gasteiger charge is -2.15. The van der Waals surface area contributed by atoms with Gasteiger partial charge in [0.1, 0.15) is 0 Å². The summed E-state index contributed by atoms with van der Waals surface area (Å²) in [6, 6.07) is 16.3. The van der Waals surface area contributed by atoms with Crippen molar-refractivity contribution in [1.82, 2.24) is 19.9 Å². The van der Waals surface area contributed by atoms with Crippen LogP contribution in [0.1, 0.15) is 30.5 Å². The van der Waals surface area contributed by atoms with Gasteiger partial charge >= 0.3 is 0 Å². The van der Waals surface area contributed by atoms with Gasteiger partial charge in [-0.1, -0.05) is 30.3 Å². The maximum Gasteiger partial charge on any atom is 0.220 e. The van der Waals surface area contributed by atoms with Crippen molar-refractivity contribution >= 4 is 16.8 Å². The van der Waals surface area contributed by atoms with Crippen LogP contribution in [0.25, 0.3) is 16.6 Å². The topological polar surface area (TPSA) is 62.7 Å². The average Bonchev–Trinajstić information content (AvgIpc) is 3.37. The van der Waals surface area contributed by atoms with Gasteiger partial charge in [0, 0.05) is 41.6 Å². The number of aromatic amines is 1. The Bertz CT molecular complexity index is 1030. The van der Waals surface area contributed by atoms with Crippen molar-refractivity contribution < 1.29 is 4.79 Å². The van der Waals surface area contributed by atoms with Crippen molar-refractivity contribution in [1.29, 1.82) is 0 Å². The summed E-state index contributed by atoms with van der Waals surface area (Å²) in [7, 11) is 0. The minimum atomic E-state index is -0.0303. The van der Waals surface area contributed by atoms with Crippen molar-refractivity contribution in [2.75, 3.05) is 0 Å². The van der Waals surface area contributed by atoms with Crippen molar-refractivity contribution in [3.63, 3.8) is 0 Å². The van der Waals surface area contributed by atoms with Crippen molar-refractivity contribution in [2.24, 2.45) is 0 Å². The van der Waals surface area contributed by atoms with Gasteiger partial charge in [-0.15, -0.1) is 0 Å². The molecule has 5 heteroatoms. The highest BCUT2D eigenvalue weighted by molar-refractivity contribution is 5.84. The van der Waals surface area contributed by atoms with Crippen molar-refractivity contribution in [2.45, 2.75) is 25.8 Å². The number of nitrogens with one attached hydrogen (secondary N) is 2. The molecule has 1 amide bonds. The van der Waals surface area contributed by atoms with Crippen molar-refractivity contribution in [3.05, 3.63) is 84.6 Å². The summed E-state index contributed by atoms with van der Waals surface area (Å²) in [6.45, 7) is 2.01. The minimum absolute atomic E-state index is 0.0303. The maximum absolute atomic E-state index is 12.4. The molecular weight excluding hydrogens is 336 g/mol. The van der Waals surface area contributed by atoms with Gasteiger partial charge < -0.3 is 14.9 Å². The number of hydrogen-bond acceptors (Lipinski definition) is 2. The van der Waals surface area contributed by atoms with E-state index in [0.29, 0.717) is 6.42 Å². The van der Waals surface area contributed by atoms with Gasteiger partial charge in [-0.2, -0.15) is 0 Å². The van der Waals surface area contributed by atoms with Crippen LogP contribution in [0.2, 0.25) is 0 Å². The molecule has 0 radical (unpaired) electrons. The molecule has 0 aliphatic carbocycles. The molecule has 2 aromatic carbocycles. The van der Waals surface area contributed by atoms with Crippen LogP contribution >= 0.6 is 0 Å². The van der Waals surface area contributed by atoms with Crippen molar-refractivity contribution in [3.8, 4) is 5.69 Å². The van der Waals surface area contributed by atoms with Crippen LogP contribution in [0.4, 0.5) is 0 Å². The number of H-pyrrole nitrogens is 1. The Kier molecular flexibility index (Phi) is 4.75. The Labute approximate surface area is 158 Å². The molecule has 0 bridgehead atoms. The second-order valence-corrected chi connectivity index (χ2v) is 6.71. The summed E-state index contributed by atoms with van der Waals surface area (Å²) >= 11 is 0. The normalized spacial score (nSPS) is 12.2. The highest BCUT2D eigenvalue weighted by atomic mass is 16.1. The van der Waals surface area contributed by atoms with Gasteiger partial charge in [-0.25, -0.2) is 4.98 Å². The number of para-hydroxylation sites is 1. The second-order valence-electron chi connectivity index (χ2n) is 6.71. The van der Waals surface area contributed by atoms with E-state index in [1.54, 1.807) is 12.5 Å². The largest absolute Gasteiger partial charge is 0.361 e. The third-order valence-electron chi connectivity index (χ3n) is 4.87. The van der Waals surface area contributed by atoms with E-state index in [2.05, 4.69) is 27.4 Å². The molecule has 0 fully saturated rings. The van der Waals surface area contributed by atoms with Crippen LogP contribution < -0.4 is 5.32 Å². The van der Waals surface area contributed by atoms with E-state index in [4.69, 9.17) is 0 Å². The minimum Gasteiger partial charge on any atom is -0.361 e. The quantitative estimate of drug-likeness (QED) is 0.543. The summed E-state index contributed by atoms with van der Waals surface area (Å²) in [5.74, 6) is 0.0615. The molecule has 27 heavy (non-hydrogen) atoms. The summed E-state index contributed by atoms with van der Waals surface area (Å²) in [4.78, 5) is 19.7. The lowest BCUT2D eigenvalue weighted by atomic mass is 10.1. The first kappa shape index (κ1) is 17.1. The van der Waals surface area contributed by atoms with Gasteiger partial charge in [-0.05, 0) is 42.7 Å². The van der Waals surface area contributed by atoms with E-state index < -0.39 is 0 Å². The fourth-order valence-corrected chi connectivity index (χ4v) is 3.33. The molecule has 0 aliphatic heterocycles. The number of amides is 1. The van der Waals surface area contributed by atoms with Crippen LogP contribution in [0.3, 0.4) is 0 Å². The lowest BCUT2D eigenvalue weighted by molar-refractivity contribution is -0.121. The lowest BCUT2D eigenvalue weighted by Crippen LogP contribution is -2.26. The number of imidazole rings is 1. The van der Waals surface area contributed by atoms with Gasteiger partial charge in [-0.3, -0.25) is 4.79 Å². The van der Waals surface area contributed by atoms with Gasteiger partial charge in [0.2, 0.25) is 5.91 Å². The predicted molar refractivity (Wildman–Crippen MR) is 107 cm³/mol. The number of hydrogen-bond donors (Lipinski definition) is 2. The monoisotopic (exact) mass is 358 g/mol. The van der Waals surface area contributed by atoms with Gasteiger partial charge in [0.25, 0.3) is 0 Å². The van der Waals surface area contributed by atoms with E-state index in [1.807, 2.05) is 60.3 Å². The number of nitrogens with zero attached hydrogens (tertiary/aromatic N) is 2. The molecule has 0 aliphatic rings. The number of aromatic nitrogens is 3. The standard InChI is InChI=1S/C22H22N4O/c1-16(17-6-9-19(10-7-17)26-13-12-23-15-26)25-22(27)11-8-18-14-24-21-5-3-2-4-20(18)21/h2-7,9-10,12-16,24H,8,11H2,1H3,(H,25,27)/t16-/m0/s1. The molecule has 5 nitrogen and oxygen atoms in total. The first-order valence-electron chi connectivity index (χ1n) is 9.13. The second kappa shape index (κ2) is 7.50. The fraction of sp³-hybridized carbons (Fsp3) is 0.182. The summed E-state index contributed by atoms with van der Waals surface area (Å²) in [5, 5.41) is 4.28. The van der Waals surface area contributed by atoms with E-state index in [-0.39, 0.29) is 11.9 Å². The Morgan fingerprint density at radius 3 is 2.78 bits per heavy atom. The molecule has 4 rings (SSSR count). The summed E-state index contributed by atoms with van der Waals surface area (Å²) in [5.41, 5.74) is 4.42. The van der Waals surface area contributed by atoms with Crippen LogP contribution in [-0.4, -0.2) is 20.4 Å². The number of benzene rings is 2. The number of carbonyl (C=O) groups excluding carboxylic acids is 1. The Morgan fingerprint density at radius 1 is 1.19 bits per heavy atom. The SMILES string of the molecule is C[C@H](NC(=O)CCc1c[nH]c2ccccc12)c1ccc(-n2ccnc2)cc1. The molecule has 1 atom stereocenters. The molecule has 2 aromatic heterocycles. The van der Waals surface area contributed by atoms with E-state index >= 15 is 0 Å².